The van der Waals surface area contributed by atoms with Crippen LogP contribution in [0.25, 0.3) is 0 Å². The molecular formula is C48H98O33. The molecule has 0 amide bonds. The van der Waals surface area contributed by atoms with Crippen molar-refractivity contribution in [2.24, 2.45) is 0 Å². The average molecular weight is 1200 g/mol. The molecule has 0 radical (unpaired) electrons. The quantitative estimate of drug-likeness (QED) is 0.0269. The first-order valence-electron chi connectivity index (χ1n) is 26.5. The second-order valence-electron chi connectivity index (χ2n) is 18.6. The number of aliphatic hydroxyl groups is 18. The van der Waals surface area contributed by atoms with Crippen LogP contribution in [0.15, 0.2) is 0 Å². The highest BCUT2D eigenvalue weighted by Gasteiger charge is 2.24. The van der Waals surface area contributed by atoms with Gasteiger partial charge in [0.15, 0.2) is 0 Å². The van der Waals surface area contributed by atoms with Crippen molar-refractivity contribution < 1.29 is 163 Å². The summed E-state index contributed by atoms with van der Waals surface area (Å²) in [4.78, 5) is 0. The van der Waals surface area contributed by atoms with Crippen molar-refractivity contribution in [3.63, 3.8) is 0 Å². The van der Waals surface area contributed by atoms with Gasteiger partial charge in [0.2, 0.25) is 0 Å². The van der Waals surface area contributed by atoms with E-state index in [4.69, 9.17) is 91.5 Å². The fourth-order valence-corrected chi connectivity index (χ4v) is 5.88. The van der Waals surface area contributed by atoms with Gasteiger partial charge in [0.25, 0.3) is 0 Å². The van der Waals surface area contributed by atoms with Crippen molar-refractivity contribution in [2.75, 3.05) is 211 Å². The molecule has 0 aromatic heterocycles. The van der Waals surface area contributed by atoms with Crippen LogP contribution in [-0.2, 0) is 71.1 Å². The standard InChI is InChI=1S/C48H98O33/c49-1-33(57)9-67-13-40(64)14-71-24-45(79-20-41(65)15-68-10-34(58)2-50)27-75-31-48(80-21-42(66)16-69-11-35(59)3-51)32-81-47(29-73-26-44(77-18-38(62)6-54)23-70-12-36(60)4-52)30-74-28-46(78-19-39(63)7-55)25-72-22-43(8-56)76-17-37(61)5-53/h33-66H,1-32H2. The lowest BCUT2D eigenvalue weighted by Crippen LogP contribution is -2.38. The van der Waals surface area contributed by atoms with Crippen molar-refractivity contribution in [1.29, 1.82) is 0 Å². The van der Waals surface area contributed by atoms with Crippen molar-refractivity contribution in [2.45, 2.75) is 97.7 Å². The number of rotatable bonds is 62. The predicted molar refractivity (Wildman–Crippen MR) is 273 cm³/mol. The van der Waals surface area contributed by atoms with Gasteiger partial charge in [-0.1, -0.05) is 0 Å². The highest BCUT2D eigenvalue weighted by Crippen LogP contribution is 2.09. The first-order valence-corrected chi connectivity index (χ1v) is 26.5. The summed E-state index contributed by atoms with van der Waals surface area (Å²) < 4.78 is 85.2. The molecule has 488 valence electrons. The topological polar surface area (TPSA) is 503 Å². The van der Waals surface area contributed by atoms with Crippen LogP contribution in [0.2, 0.25) is 0 Å². The maximum Gasteiger partial charge on any atom is 0.104 e. The number of hydrogen-bond acceptors (Lipinski definition) is 33. The lowest BCUT2D eigenvalue weighted by molar-refractivity contribution is -0.149. The van der Waals surface area contributed by atoms with E-state index in [-0.39, 0.29) is 159 Å². The second kappa shape index (κ2) is 54.1. The van der Waals surface area contributed by atoms with Crippen LogP contribution >= 0.6 is 0 Å². The SMILES string of the molecule is OCC(O)COCC(O)COCC(COCC(COC(COCC(COCC(O)CO)OCC(O)CO)COCC(COCC(CO)OCC(O)CO)OCC(O)CO)OCC(O)COCC(O)CO)OCC(O)COCC(O)CO. The van der Waals surface area contributed by atoms with Crippen molar-refractivity contribution in [3.8, 4) is 0 Å². The Morgan fingerprint density at radius 3 is 0.543 bits per heavy atom. The minimum Gasteiger partial charge on any atom is -0.394 e. The smallest absolute Gasteiger partial charge is 0.104 e. The minimum absolute atomic E-state index is 0.193. The third kappa shape index (κ3) is 47.5. The molecule has 16 atom stereocenters. The van der Waals surface area contributed by atoms with Gasteiger partial charge in [-0.25, -0.2) is 0 Å². The summed E-state index contributed by atoms with van der Waals surface area (Å²) in [5.74, 6) is 0. The highest BCUT2D eigenvalue weighted by atomic mass is 16.6. The van der Waals surface area contributed by atoms with E-state index in [1.807, 2.05) is 0 Å². The molecule has 33 nitrogen and oxygen atoms in total. The Hall–Kier alpha value is -1.32. The summed E-state index contributed by atoms with van der Waals surface area (Å²) in [6.45, 7) is -11.1. The van der Waals surface area contributed by atoms with Crippen LogP contribution in [0.4, 0.5) is 0 Å². The third-order valence-corrected chi connectivity index (χ3v) is 10.3. The summed E-state index contributed by atoms with van der Waals surface area (Å²) in [5, 5.41) is 174. The molecule has 0 fully saturated rings. The van der Waals surface area contributed by atoms with E-state index in [0.29, 0.717) is 0 Å². The molecule has 0 aliphatic carbocycles. The molecule has 0 spiro atoms. The van der Waals surface area contributed by atoms with Gasteiger partial charge >= 0.3 is 0 Å². The van der Waals surface area contributed by atoms with Gasteiger partial charge in [-0.2, -0.15) is 0 Å². The van der Waals surface area contributed by atoms with Crippen LogP contribution in [0.1, 0.15) is 0 Å². The Morgan fingerprint density at radius 1 is 0.148 bits per heavy atom. The number of aliphatic hydroxyl groups excluding tert-OH is 18. The molecule has 18 N–H and O–H groups in total. The number of hydrogen-bond donors (Lipinski definition) is 18. The molecule has 0 aliphatic rings. The summed E-state index contributed by atoms with van der Waals surface area (Å²) in [6, 6.07) is 0. The third-order valence-electron chi connectivity index (χ3n) is 10.3. The average Bonchev–Trinajstić information content (AvgIpc) is 3.47. The molecular weight excluding hydrogens is 1100 g/mol. The van der Waals surface area contributed by atoms with Gasteiger partial charge in [0, 0.05) is 0 Å². The molecule has 0 aliphatic heterocycles. The van der Waals surface area contributed by atoms with Gasteiger partial charge in [-0.05, 0) is 0 Å². The van der Waals surface area contributed by atoms with E-state index in [1.165, 1.54) is 0 Å². The fourth-order valence-electron chi connectivity index (χ4n) is 5.88. The number of ether oxygens (including phenoxy) is 15. The first-order chi connectivity index (χ1) is 38.9. The molecule has 16 unspecified atom stereocenters. The maximum atomic E-state index is 10.7. The van der Waals surface area contributed by atoms with E-state index < -0.39 is 151 Å². The zero-order valence-electron chi connectivity index (χ0n) is 46.0. The zero-order chi connectivity index (χ0) is 60.5. The maximum absolute atomic E-state index is 10.7. The van der Waals surface area contributed by atoms with Crippen LogP contribution < -0.4 is 0 Å². The molecule has 0 heterocycles. The molecule has 0 saturated heterocycles. The van der Waals surface area contributed by atoms with E-state index in [2.05, 4.69) is 0 Å². The summed E-state index contributed by atoms with van der Waals surface area (Å²) >= 11 is 0. The van der Waals surface area contributed by atoms with Crippen LogP contribution in [0.5, 0.6) is 0 Å². The minimum atomic E-state index is -1.27. The molecule has 0 rings (SSSR count). The van der Waals surface area contributed by atoms with Gasteiger partial charge in [0.1, 0.15) is 97.7 Å². The molecule has 81 heavy (non-hydrogen) atoms. The largest absolute Gasteiger partial charge is 0.394 e. The van der Waals surface area contributed by atoms with Gasteiger partial charge in [0.05, 0.1) is 211 Å². The van der Waals surface area contributed by atoms with Crippen LogP contribution in [-0.4, -0.2) is 401 Å². The zero-order valence-corrected chi connectivity index (χ0v) is 46.0. The van der Waals surface area contributed by atoms with Gasteiger partial charge in [-0.3, -0.25) is 0 Å². The summed E-state index contributed by atoms with van der Waals surface area (Å²) in [6.07, 6.45) is -17.8. The lowest BCUT2D eigenvalue weighted by atomic mass is 10.3. The van der Waals surface area contributed by atoms with Crippen molar-refractivity contribution >= 4 is 0 Å². The van der Waals surface area contributed by atoms with E-state index in [1.54, 1.807) is 0 Å². The molecule has 0 aromatic rings. The monoisotopic (exact) mass is 1200 g/mol. The molecule has 0 saturated carbocycles. The van der Waals surface area contributed by atoms with E-state index >= 15 is 0 Å². The van der Waals surface area contributed by atoms with E-state index in [0.717, 1.165) is 0 Å². The fraction of sp³-hybridized carbons (Fsp3) is 1.00. The highest BCUT2D eigenvalue weighted by molar-refractivity contribution is 4.69. The van der Waals surface area contributed by atoms with E-state index in [9.17, 15) is 71.5 Å². The van der Waals surface area contributed by atoms with Gasteiger partial charge < -0.3 is 163 Å². The second-order valence-corrected chi connectivity index (χ2v) is 18.6. The Kier molecular flexibility index (Phi) is 53.2. The lowest BCUT2D eigenvalue weighted by Gasteiger charge is -2.27. The Bertz CT molecular complexity index is 1330. The Balaban J connectivity index is 6.54. The Morgan fingerprint density at radius 2 is 0.296 bits per heavy atom. The van der Waals surface area contributed by atoms with Crippen LogP contribution in [0, 0.1) is 0 Å². The first kappa shape index (κ1) is 79.7. The molecule has 33 heteroatoms. The van der Waals surface area contributed by atoms with Gasteiger partial charge in [-0.15, -0.1) is 0 Å². The molecule has 0 aromatic carbocycles. The molecule has 0 bridgehead atoms. The Labute approximate surface area is 471 Å². The predicted octanol–water partition coefficient (Wildman–Crippen LogP) is -11.0. The summed E-state index contributed by atoms with van der Waals surface area (Å²) in [5.41, 5.74) is 0. The van der Waals surface area contributed by atoms with Crippen molar-refractivity contribution in [3.05, 3.63) is 0 Å². The van der Waals surface area contributed by atoms with Crippen molar-refractivity contribution in [1.82, 2.24) is 0 Å². The van der Waals surface area contributed by atoms with Crippen LogP contribution in [0.3, 0.4) is 0 Å². The summed E-state index contributed by atoms with van der Waals surface area (Å²) in [7, 11) is 0. The normalized spacial score (nSPS) is 18.3.